The van der Waals surface area contributed by atoms with E-state index in [9.17, 15) is 22.7 Å². The van der Waals surface area contributed by atoms with Gasteiger partial charge >= 0.3 is 5.97 Å². The number of hydrogen-bond acceptors (Lipinski definition) is 5. The van der Waals surface area contributed by atoms with E-state index in [0.717, 1.165) is 18.3 Å². The predicted octanol–water partition coefficient (Wildman–Crippen LogP) is 4.05. The van der Waals surface area contributed by atoms with Crippen molar-refractivity contribution in [3.63, 3.8) is 0 Å². The van der Waals surface area contributed by atoms with Gasteiger partial charge in [0.05, 0.1) is 35.3 Å². The summed E-state index contributed by atoms with van der Waals surface area (Å²) in [6.45, 7) is 0. The number of ether oxygens (including phenoxy) is 1. The molecule has 0 spiro atoms. The Bertz CT molecular complexity index is 1190. The summed E-state index contributed by atoms with van der Waals surface area (Å²) in [5.41, 5.74) is 0.268. The molecule has 29 heavy (non-hydrogen) atoms. The van der Waals surface area contributed by atoms with Gasteiger partial charge in [0, 0.05) is 5.56 Å². The van der Waals surface area contributed by atoms with E-state index >= 15 is 0 Å². The monoisotopic (exact) mass is 436 g/mol. The third-order valence-corrected chi connectivity index (χ3v) is 5.57. The number of benzene rings is 2. The number of nitrogens with one attached hydrogen (secondary N) is 1. The van der Waals surface area contributed by atoms with Gasteiger partial charge in [-0.25, -0.2) is 17.6 Å². The van der Waals surface area contributed by atoms with Crippen molar-refractivity contribution < 1.29 is 27.4 Å². The quantitative estimate of drug-likeness (QED) is 0.604. The van der Waals surface area contributed by atoms with E-state index in [1.807, 2.05) is 0 Å². The van der Waals surface area contributed by atoms with Crippen LogP contribution in [0.2, 0.25) is 5.02 Å². The Labute approximate surface area is 170 Å². The van der Waals surface area contributed by atoms with Gasteiger partial charge in [0.15, 0.2) is 11.6 Å². The van der Waals surface area contributed by atoms with E-state index in [0.29, 0.717) is 11.3 Å². The second-order valence-corrected chi connectivity index (χ2v) is 7.87. The minimum atomic E-state index is -4.45. The fourth-order valence-corrected chi connectivity index (χ4v) is 4.20. The average molecular weight is 437 g/mol. The van der Waals surface area contributed by atoms with Crippen LogP contribution in [0.5, 0.6) is 5.75 Å². The Kier molecular flexibility index (Phi) is 5.71. The average Bonchev–Trinajstić information content (AvgIpc) is 2.69. The van der Waals surface area contributed by atoms with E-state index < -0.39 is 26.7 Å². The molecule has 0 saturated heterocycles. The Morgan fingerprint density at radius 3 is 2.52 bits per heavy atom. The first-order valence-electron chi connectivity index (χ1n) is 8.07. The van der Waals surface area contributed by atoms with Crippen molar-refractivity contribution in [2.24, 2.45) is 0 Å². The van der Waals surface area contributed by atoms with E-state index in [-0.39, 0.29) is 22.0 Å². The lowest BCUT2D eigenvalue weighted by Crippen LogP contribution is -2.16. The first kappa shape index (κ1) is 20.6. The zero-order chi connectivity index (χ0) is 21.2. The summed E-state index contributed by atoms with van der Waals surface area (Å²) < 4.78 is 47.1. The smallest absolute Gasteiger partial charge is 0.335 e. The van der Waals surface area contributed by atoms with Gasteiger partial charge in [0.1, 0.15) is 4.90 Å². The SMILES string of the molecule is COc1c(Cl)cc(C(=O)O)cc1S(=O)(=O)Nc1cc(-c2ccccc2)ncc1F. The third kappa shape index (κ3) is 4.30. The largest absolute Gasteiger partial charge is 0.494 e. The van der Waals surface area contributed by atoms with Gasteiger partial charge in [-0.15, -0.1) is 0 Å². The molecule has 2 aromatic carbocycles. The van der Waals surface area contributed by atoms with Crippen molar-refractivity contribution in [1.29, 1.82) is 0 Å². The molecule has 3 aromatic rings. The highest BCUT2D eigenvalue weighted by Crippen LogP contribution is 2.35. The Balaban J connectivity index is 2.08. The van der Waals surface area contributed by atoms with Crippen molar-refractivity contribution in [3.8, 4) is 17.0 Å². The molecule has 0 unspecified atom stereocenters. The number of carboxylic acid groups (broad SMARTS) is 1. The lowest BCUT2D eigenvalue weighted by molar-refractivity contribution is 0.0696. The number of sulfonamides is 1. The molecule has 0 aliphatic rings. The minimum absolute atomic E-state index is 0.215. The second kappa shape index (κ2) is 8.06. The fraction of sp³-hybridized carbons (Fsp3) is 0.0526. The molecule has 0 fully saturated rings. The van der Waals surface area contributed by atoms with Gasteiger partial charge in [-0.2, -0.15) is 0 Å². The molecule has 7 nitrogen and oxygen atoms in total. The molecule has 0 amide bonds. The fourth-order valence-electron chi connectivity index (χ4n) is 2.57. The number of aromatic carboxylic acids is 1. The zero-order valence-corrected chi connectivity index (χ0v) is 16.5. The van der Waals surface area contributed by atoms with Crippen LogP contribution in [0.4, 0.5) is 10.1 Å². The van der Waals surface area contributed by atoms with Gasteiger partial charge in [-0.05, 0) is 18.2 Å². The number of methoxy groups -OCH3 is 1. The second-order valence-electron chi connectivity index (χ2n) is 5.82. The van der Waals surface area contributed by atoms with E-state index in [4.69, 9.17) is 16.3 Å². The van der Waals surface area contributed by atoms with Gasteiger partial charge in [-0.1, -0.05) is 41.9 Å². The highest BCUT2D eigenvalue weighted by molar-refractivity contribution is 7.92. The number of carboxylic acids is 1. The zero-order valence-electron chi connectivity index (χ0n) is 14.9. The maximum atomic E-state index is 14.3. The molecule has 0 atom stereocenters. The summed E-state index contributed by atoms with van der Waals surface area (Å²) in [6, 6.07) is 12.0. The van der Waals surface area contributed by atoms with Crippen LogP contribution in [0, 0.1) is 5.82 Å². The van der Waals surface area contributed by atoms with Crippen LogP contribution >= 0.6 is 11.6 Å². The van der Waals surface area contributed by atoms with Crippen LogP contribution in [0.1, 0.15) is 10.4 Å². The maximum absolute atomic E-state index is 14.3. The van der Waals surface area contributed by atoms with Crippen LogP contribution in [-0.4, -0.2) is 31.6 Å². The van der Waals surface area contributed by atoms with Crippen LogP contribution in [-0.2, 0) is 10.0 Å². The molecule has 10 heteroatoms. The lowest BCUT2D eigenvalue weighted by Gasteiger charge is -2.14. The topological polar surface area (TPSA) is 106 Å². The number of aromatic nitrogens is 1. The molecule has 1 heterocycles. The molecule has 1 aromatic heterocycles. The predicted molar refractivity (Wildman–Crippen MR) is 105 cm³/mol. The van der Waals surface area contributed by atoms with Crippen molar-refractivity contribution in [1.82, 2.24) is 4.98 Å². The molecular formula is C19H14ClFN2O5S. The van der Waals surface area contributed by atoms with Gasteiger partial charge in [-0.3, -0.25) is 9.71 Å². The molecular weight excluding hydrogens is 423 g/mol. The standard InChI is InChI=1S/C19H14ClFN2O5S/c1-28-18-13(20)7-12(19(24)25)8-17(18)29(26,27)23-16-9-15(22-10-14(16)21)11-5-3-2-4-6-11/h2-10H,1H3,(H,22,23)(H,24,25). The number of nitrogens with zero attached hydrogens (tertiary/aromatic N) is 1. The molecule has 0 aliphatic carbocycles. The Hall–Kier alpha value is -3.17. The van der Waals surface area contributed by atoms with Gasteiger partial charge in [0.25, 0.3) is 10.0 Å². The highest BCUT2D eigenvalue weighted by Gasteiger charge is 2.26. The molecule has 150 valence electrons. The van der Waals surface area contributed by atoms with Crippen molar-refractivity contribution in [3.05, 3.63) is 71.1 Å². The Morgan fingerprint density at radius 2 is 1.90 bits per heavy atom. The number of carbonyl (C=O) groups is 1. The Morgan fingerprint density at radius 1 is 1.21 bits per heavy atom. The summed E-state index contributed by atoms with van der Waals surface area (Å²) in [7, 11) is -3.26. The summed E-state index contributed by atoms with van der Waals surface area (Å²) in [5.74, 6) is -2.55. The molecule has 0 aliphatic heterocycles. The summed E-state index contributed by atoms with van der Waals surface area (Å²) in [5, 5.41) is 8.96. The first-order valence-corrected chi connectivity index (χ1v) is 9.93. The summed E-state index contributed by atoms with van der Waals surface area (Å²) in [4.78, 5) is 14.7. The van der Waals surface area contributed by atoms with E-state index in [1.165, 1.54) is 13.2 Å². The number of halogens is 2. The van der Waals surface area contributed by atoms with E-state index in [2.05, 4.69) is 9.71 Å². The van der Waals surface area contributed by atoms with Crippen LogP contribution in [0.3, 0.4) is 0 Å². The minimum Gasteiger partial charge on any atom is -0.494 e. The molecule has 0 radical (unpaired) electrons. The van der Waals surface area contributed by atoms with Gasteiger partial charge in [0.2, 0.25) is 0 Å². The normalized spacial score (nSPS) is 11.1. The maximum Gasteiger partial charge on any atom is 0.335 e. The number of anilines is 1. The lowest BCUT2D eigenvalue weighted by atomic mass is 10.1. The van der Waals surface area contributed by atoms with Crippen molar-refractivity contribution in [2.75, 3.05) is 11.8 Å². The van der Waals surface area contributed by atoms with E-state index in [1.54, 1.807) is 30.3 Å². The number of pyridine rings is 1. The van der Waals surface area contributed by atoms with Crippen LogP contribution in [0.25, 0.3) is 11.3 Å². The molecule has 2 N–H and O–H groups in total. The molecule has 0 saturated carbocycles. The van der Waals surface area contributed by atoms with Crippen LogP contribution < -0.4 is 9.46 Å². The third-order valence-electron chi connectivity index (χ3n) is 3.92. The van der Waals surface area contributed by atoms with Crippen molar-refractivity contribution in [2.45, 2.75) is 4.90 Å². The number of hydrogen-bond donors (Lipinski definition) is 2. The van der Waals surface area contributed by atoms with Crippen molar-refractivity contribution >= 4 is 33.3 Å². The highest BCUT2D eigenvalue weighted by atomic mass is 35.5. The summed E-state index contributed by atoms with van der Waals surface area (Å²) in [6.07, 6.45) is 0.887. The molecule has 3 rings (SSSR count). The van der Waals surface area contributed by atoms with Crippen LogP contribution in [0.15, 0.2) is 59.6 Å². The first-order chi connectivity index (χ1) is 13.7. The summed E-state index contributed by atoms with van der Waals surface area (Å²) >= 11 is 5.96. The van der Waals surface area contributed by atoms with Gasteiger partial charge < -0.3 is 9.84 Å². The number of rotatable bonds is 6. The molecule has 0 bridgehead atoms.